The fourth-order valence-corrected chi connectivity index (χ4v) is 3.91. The van der Waals surface area contributed by atoms with Gasteiger partial charge < -0.3 is 0 Å². The van der Waals surface area contributed by atoms with Gasteiger partial charge in [-0.05, 0) is 52.5 Å². The number of aromatic nitrogens is 1. The molecule has 32 heavy (non-hydrogen) atoms. The monoisotopic (exact) mass is 429 g/mol. The Hall–Kier alpha value is -3.66. The lowest BCUT2D eigenvalue weighted by molar-refractivity contribution is -0.137. The van der Waals surface area contributed by atoms with Crippen LogP contribution in [-0.4, -0.2) is 4.98 Å². The minimum Gasteiger partial charge on any atom is -0.261 e. The maximum atomic E-state index is 14.1. The minimum absolute atomic E-state index is 0.174. The SMILES string of the molecule is Cc1cccnc1CC(=C(c1ccccc1)c1ccccc1)c1ccccc1C(F)(F)F. The van der Waals surface area contributed by atoms with E-state index in [1.54, 1.807) is 18.3 Å². The zero-order valence-corrected chi connectivity index (χ0v) is 17.6. The molecule has 0 saturated heterocycles. The van der Waals surface area contributed by atoms with Gasteiger partial charge in [0.2, 0.25) is 0 Å². The van der Waals surface area contributed by atoms with E-state index in [2.05, 4.69) is 4.98 Å². The number of benzene rings is 3. The van der Waals surface area contributed by atoms with Gasteiger partial charge in [0.05, 0.1) is 5.56 Å². The van der Waals surface area contributed by atoms with E-state index in [0.717, 1.165) is 34.0 Å². The van der Waals surface area contributed by atoms with Crippen LogP contribution in [0.3, 0.4) is 0 Å². The molecule has 0 amide bonds. The van der Waals surface area contributed by atoms with Gasteiger partial charge in [-0.2, -0.15) is 13.2 Å². The van der Waals surface area contributed by atoms with E-state index >= 15 is 0 Å². The van der Waals surface area contributed by atoms with Gasteiger partial charge in [0.25, 0.3) is 0 Å². The van der Waals surface area contributed by atoms with Crippen molar-refractivity contribution in [3.8, 4) is 0 Å². The third kappa shape index (κ3) is 4.65. The Kier molecular flexibility index (Phi) is 6.22. The van der Waals surface area contributed by atoms with Crippen molar-refractivity contribution in [1.29, 1.82) is 0 Å². The summed E-state index contributed by atoms with van der Waals surface area (Å²) in [5.41, 5.74) is 4.31. The predicted octanol–water partition coefficient (Wildman–Crippen LogP) is 7.61. The second kappa shape index (κ2) is 9.23. The molecule has 0 aliphatic carbocycles. The average Bonchev–Trinajstić information content (AvgIpc) is 2.81. The summed E-state index contributed by atoms with van der Waals surface area (Å²) in [5.74, 6) is 0. The number of aryl methyl sites for hydroxylation is 1. The van der Waals surface area contributed by atoms with Crippen molar-refractivity contribution in [1.82, 2.24) is 4.98 Å². The van der Waals surface area contributed by atoms with Gasteiger partial charge in [0.15, 0.2) is 0 Å². The molecular weight excluding hydrogens is 407 g/mol. The molecule has 0 saturated carbocycles. The molecule has 0 atom stereocenters. The standard InChI is InChI=1S/C28H22F3N/c1-20-11-10-18-32-26(20)19-24(23-16-8-9-17-25(23)28(29,30)31)27(21-12-4-2-5-13-21)22-14-6-3-7-15-22/h2-18H,19H2,1H3. The molecule has 0 spiro atoms. The van der Waals surface area contributed by atoms with Gasteiger partial charge in [0, 0.05) is 18.3 Å². The van der Waals surface area contributed by atoms with Crippen molar-refractivity contribution in [2.75, 3.05) is 0 Å². The third-order valence-corrected chi connectivity index (χ3v) is 5.45. The van der Waals surface area contributed by atoms with Crippen LogP contribution in [0.15, 0.2) is 103 Å². The molecule has 1 nitrogen and oxygen atoms in total. The Morgan fingerprint density at radius 2 is 1.28 bits per heavy atom. The van der Waals surface area contributed by atoms with Crippen molar-refractivity contribution in [3.05, 3.63) is 137 Å². The molecule has 160 valence electrons. The Morgan fingerprint density at radius 1 is 0.719 bits per heavy atom. The lowest BCUT2D eigenvalue weighted by atomic mass is 9.85. The number of hydrogen-bond acceptors (Lipinski definition) is 1. The Balaban J connectivity index is 2.08. The van der Waals surface area contributed by atoms with E-state index in [1.165, 1.54) is 6.07 Å². The van der Waals surface area contributed by atoms with Crippen LogP contribution < -0.4 is 0 Å². The number of alkyl halides is 3. The fraction of sp³-hybridized carbons (Fsp3) is 0.107. The summed E-state index contributed by atoms with van der Waals surface area (Å²) in [7, 11) is 0. The number of rotatable bonds is 5. The summed E-state index contributed by atoms with van der Waals surface area (Å²) in [6, 6.07) is 28.7. The molecule has 0 bridgehead atoms. The van der Waals surface area contributed by atoms with E-state index in [4.69, 9.17) is 0 Å². The van der Waals surface area contributed by atoms with Crippen LogP contribution in [0.1, 0.15) is 33.5 Å². The van der Waals surface area contributed by atoms with Gasteiger partial charge in [-0.1, -0.05) is 84.9 Å². The second-order valence-corrected chi connectivity index (χ2v) is 7.57. The molecule has 3 aromatic carbocycles. The summed E-state index contributed by atoms with van der Waals surface area (Å²) < 4.78 is 42.2. The van der Waals surface area contributed by atoms with Crippen LogP contribution in [0.5, 0.6) is 0 Å². The number of pyridine rings is 1. The van der Waals surface area contributed by atoms with Crippen molar-refractivity contribution >= 4 is 11.1 Å². The molecule has 0 aliphatic heterocycles. The molecule has 4 aromatic rings. The van der Waals surface area contributed by atoms with Gasteiger partial charge in [0.1, 0.15) is 0 Å². The number of nitrogens with zero attached hydrogens (tertiary/aromatic N) is 1. The van der Waals surface area contributed by atoms with E-state index in [1.807, 2.05) is 79.7 Å². The van der Waals surface area contributed by atoms with Crippen LogP contribution in [0.4, 0.5) is 13.2 Å². The van der Waals surface area contributed by atoms with Gasteiger partial charge in [-0.25, -0.2) is 0 Å². The highest BCUT2D eigenvalue weighted by atomic mass is 19.4. The first-order valence-corrected chi connectivity index (χ1v) is 10.4. The Bertz CT molecular complexity index is 1180. The van der Waals surface area contributed by atoms with Crippen molar-refractivity contribution in [3.63, 3.8) is 0 Å². The van der Waals surface area contributed by atoms with Gasteiger partial charge in [-0.3, -0.25) is 4.98 Å². The first-order valence-electron chi connectivity index (χ1n) is 10.4. The van der Waals surface area contributed by atoms with E-state index in [0.29, 0.717) is 5.57 Å². The van der Waals surface area contributed by atoms with E-state index < -0.39 is 11.7 Å². The zero-order valence-electron chi connectivity index (χ0n) is 17.6. The predicted molar refractivity (Wildman–Crippen MR) is 123 cm³/mol. The van der Waals surface area contributed by atoms with Gasteiger partial charge >= 0.3 is 6.18 Å². The summed E-state index contributed by atoms with van der Waals surface area (Å²) >= 11 is 0. The van der Waals surface area contributed by atoms with Gasteiger partial charge in [-0.15, -0.1) is 0 Å². The number of allylic oxidation sites excluding steroid dienone is 1. The minimum atomic E-state index is -4.47. The van der Waals surface area contributed by atoms with Crippen LogP contribution in [0.2, 0.25) is 0 Å². The van der Waals surface area contributed by atoms with Crippen molar-refractivity contribution in [2.24, 2.45) is 0 Å². The lowest BCUT2D eigenvalue weighted by Crippen LogP contribution is -2.11. The molecule has 1 heterocycles. The molecule has 0 radical (unpaired) electrons. The van der Waals surface area contributed by atoms with Crippen LogP contribution in [-0.2, 0) is 12.6 Å². The van der Waals surface area contributed by atoms with E-state index in [9.17, 15) is 13.2 Å². The maximum absolute atomic E-state index is 14.1. The highest BCUT2D eigenvalue weighted by Gasteiger charge is 2.34. The van der Waals surface area contributed by atoms with Crippen molar-refractivity contribution < 1.29 is 13.2 Å². The van der Waals surface area contributed by atoms with Crippen molar-refractivity contribution in [2.45, 2.75) is 19.5 Å². The topological polar surface area (TPSA) is 12.9 Å². The summed E-state index contributed by atoms with van der Waals surface area (Å²) in [6.07, 6.45) is -2.52. The summed E-state index contributed by atoms with van der Waals surface area (Å²) in [6.45, 7) is 1.93. The average molecular weight is 429 g/mol. The first-order chi connectivity index (χ1) is 15.4. The molecule has 0 N–H and O–H groups in total. The Labute approximate surface area is 185 Å². The van der Waals surface area contributed by atoms with E-state index in [-0.39, 0.29) is 12.0 Å². The highest BCUT2D eigenvalue weighted by Crippen LogP contribution is 2.40. The molecule has 0 unspecified atom stereocenters. The maximum Gasteiger partial charge on any atom is 0.416 e. The third-order valence-electron chi connectivity index (χ3n) is 5.45. The molecule has 1 aromatic heterocycles. The highest BCUT2D eigenvalue weighted by molar-refractivity contribution is 5.99. The smallest absolute Gasteiger partial charge is 0.261 e. The molecule has 0 aliphatic rings. The molecule has 4 rings (SSSR count). The Morgan fingerprint density at radius 3 is 1.84 bits per heavy atom. The number of hydrogen-bond donors (Lipinski definition) is 0. The largest absolute Gasteiger partial charge is 0.416 e. The second-order valence-electron chi connectivity index (χ2n) is 7.57. The summed E-state index contributed by atoms with van der Waals surface area (Å²) in [5, 5.41) is 0. The van der Waals surface area contributed by atoms with Crippen LogP contribution in [0, 0.1) is 6.92 Å². The molecule has 0 fully saturated rings. The fourth-order valence-electron chi connectivity index (χ4n) is 3.91. The molecule has 4 heteroatoms. The molecular formula is C28H22F3N. The van der Waals surface area contributed by atoms with Crippen LogP contribution >= 0.6 is 0 Å². The lowest BCUT2D eigenvalue weighted by Gasteiger charge is -2.21. The zero-order chi connectivity index (χ0) is 22.6. The normalized spacial score (nSPS) is 11.2. The quantitative estimate of drug-likeness (QED) is 0.298. The first kappa shape index (κ1) is 21.6. The number of halogens is 3. The van der Waals surface area contributed by atoms with Crippen LogP contribution in [0.25, 0.3) is 11.1 Å². The summed E-state index contributed by atoms with van der Waals surface area (Å²) in [4.78, 5) is 4.49.